The van der Waals surface area contributed by atoms with Crippen molar-refractivity contribution in [1.29, 1.82) is 0 Å². The van der Waals surface area contributed by atoms with E-state index in [0.717, 1.165) is 66.7 Å². The van der Waals surface area contributed by atoms with Gasteiger partial charge in [0.25, 0.3) is 0 Å². The van der Waals surface area contributed by atoms with Gasteiger partial charge in [0.15, 0.2) is 0 Å². The van der Waals surface area contributed by atoms with Crippen molar-refractivity contribution in [1.82, 2.24) is 14.5 Å². The van der Waals surface area contributed by atoms with Crippen LogP contribution in [0.1, 0.15) is 105 Å². The molecule has 0 radical (unpaired) electrons. The van der Waals surface area contributed by atoms with Gasteiger partial charge < -0.3 is 9.84 Å². The Morgan fingerprint density at radius 2 is 1.29 bits per heavy atom. The Morgan fingerprint density at radius 3 is 1.93 bits per heavy atom. The number of aromatic hydroxyl groups is 1. The van der Waals surface area contributed by atoms with Gasteiger partial charge in [-0.3, -0.25) is 9.55 Å². The Bertz CT molecular complexity index is 2560. The van der Waals surface area contributed by atoms with Crippen molar-refractivity contribution >= 4 is 21.9 Å². The summed E-state index contributed by atoms with van der Waals surface area (Å²) in [5, 5.41) is 14.4. The zero-order chi connectivity index (χ0) is 39.7. The van der Waals surface area contributed by atoms with Crippen LogP contribution < -0.4 is 4.74 Å². The molecule has 0 saturated heterocycles. The SMILES string of the molecule is CC(C)(C)c1cc(-n2c3ccc(C(C)(C)C)cc3c3cc(C(C)(C)C)c(-c4[c-]c(Oc5cc(-c6ccccc6)ccn5)ccc4)nc32)c(O)c(C(C)(C)C)c1.[Pt]. The molecule has 1 N–H and O–H groups in total. The van der Waals surface area contributed by atoms with Crippen molar-refractivity contribution in [3.8, 4) is 45.5 Å². The summed E-state index contributed by atoms with van der Waals surface area (Å²) >= 11 is 0. The van der Waals surface area contributed by atoms with Gasteiger partial charge in [-0.05, 0) is 73.9 Å². The maximum atomic E-state index is 12.3. The van der Waals surface area contributed by atoms with Crippen molar-refractivity contribution in [2.75, 3.05) is 0 Å². The van der Waals surface area contributed by atoms with Crippen LogP contribution in [0.2, 0.25) is 0 Å². The number of ether oxygens (including phenoxy) is 1. The van der Waals surface area contributed by atoms with Crippen LogP contribution in [0.3, 0.4) is 0 Å². The van der Waals surface area contributed by atoms with E-state index in [1.54, 1.807) is 6.20 Å². The third-order valence-corrected chi connectivity index (χ3v) is 10.5. The van der Waals surface area contributed by atoms with Crippen molar-refractivity contribution in [2.45, 2.75) is 105 Å². The van der Waals surface area contributed by atoms with Crippen molar-refractivity contribution in [3.05, 3.63) is 132 Å². The molecule has 5 nitrogen and oxygen atoms in total. The largest absolute Gasteiger partial charge is 0.505 e. The van der Waals surface area contributed by atoms with E-state index in [9.17, 15) is 5.11 Å². The van der Waals surface area contributed by atoms with Crippen LogP contribution in [-0.2, 0) is 42.7 Å². The van der Waals surface area contributed by atoms with Crippen LogP contribution in [0.25, 0.3) is 50.0 Å². The molecule has 0 bridgehead atoms. The fourth-order valence-electron chi connectivity index (χ4n) is 7.25. The predicted molar refractivity (Wildman–Crippen MR) is 229 cm³/mol. The Morgan fingerprint density at radius 1 is 0.607 bits per heavy atom. The molecule has 0 fully saturated rings. The molecule has 0 amide bonds. The van der Waals surface area contributed by atoms with Crippen LogP contribution >= 0.6 is 0 Å². The van der Waals surface area contributed by atoms with Crippen LogP contribution in [0.15, 0.2) is 103 Å². The van der Waals surface area contributed by atoms with E-state index in [1.165, 1.54) is 5.56 Å². The quantitative estimate of drug-likeness (QED) is 0.175. The van der Waals surface area contributed by atoms with E-state index in [-0.39, 0.29) is 48.5 Å². The van der Waals surface area contributed by atoms with Crippen molar-refractivity contribution < 1.29 is 30.9 Å². The molecule has 292 valence electrons. The van der Waals surface area contributed by atoms with Gasteiger partial charge in [0, 0.05) is 55.4 Å². The van der Waals surface area contributed by atoms with Gasteiger partial charge in [-0.1, -0.05) is 143 Å². The minimum atomic E-state index is -0.291. The second kappa shape index (κ2) is 14.6. The molecule has 6 heteroatoms. The van der Waals surface area contributed by atoms with Crippen LogP contribution in [0.5, 0.6) is 17.4 Å². The maximum absolute atomic E-state index is 12.3. The molecule has 0 aliphatic carbocycles. The number of fused-ring (bicyclic) bond motifs is 3. The average molecular weight is 924 g/mol. The molecule has 7 rings (SSSR count). The van der Waals surface area contributed by atoms with E-state index in [2.05, 4.69) is 147 Å². The summed E-state index contributed by atoms with van der Waals surface area (Å²) in [6, 6.07) is 37.0. The number of phenols is 1. The van der Waals surface area contributed by atoms with Crippen LogP contribution in [0.4, 0.5) is 0 Å². The van der Waals surface area contributed by atoms with E-state index >= 15 is 0 Å². The summed E-state index contributed by atoms with van der Waals surface area (Å²) in [5.74, 6) is 1.32. The summed E-state index contributed by atoms with van der Waals surface area (Å²) in [4.78, 5) is 10.1. The molecular formula is C50H54N3O2Pt-. The van der Waals surface area contributed by atoms with Gasteiger partial charge in [0.05, 0.1) is 11.2 Å². The van der Waals surface area contributed by atoms with E-state index in [1.807, 2.05) is 48.5 Å². The molecule has 4 aromatic carbocycles. The molecule has 7 aromatic rings. The third kappa shape index (κ3) is 7.94. The molecule has 0 unspecified atom stereocenters. The van der Waals surface area contributed by atoms with E-state index < -0.39 is 0 Å². The number of benzene rings is 4. The first kappa shape index (κ1) is 40.9. The summed E-state index contributed by atoms with van der Waals surface area (Å²) < 4.78 is 8.55. The number of pyridine rings is 2. The average Bonchev–Trinajstić information content (AvgIpc) is 3.43. The predicted octanol–water partition coefficient (Wildman–Crippen LogP) is 13.4. The number of rotatable bonds is 5. The molecule has 0 atom stereocenters. The third-order valence-electron chi connectivity index (χ3n) is 10.5. The molecule has 0 aliphatic heterocycles. The summed E-state index contributed by atoms with van der Waals surface area (Å²) in [6.07, 6.45) is 1.77. The van der Waals surface area contributed by atoms with E-state index in [4.69, 9.17) is 9.72 Å². The van der Waals surface area contributed by atoms with Crippen LogP contribution in [-0.4, -0.2) is 19.6 Å². The fraction of sp³-hybridized carbons (Fsp3) is 0.320. The van der Waals surface area contributed by atoms with Gasteiger partial charge in [0.2, 0.25) is 5.88 Å². The van der Waals surface area contributed by atoms with Crippen molar-refractivity contribution in [2.24, 2.45) is 0 Å². The summed E-state index contributed by atoms with van der Waals surface area (Å²) in [5.41, 5.74) is 9.92. The fourth-order valence-corrected chi connectivity index (χ4v) is 7.25. The van der Waals surface area contributed by atoms with Gasteiger partial charge in [0.1, 0.15) is 11.4 Å². The van der Waals surface area contributed by atoms with E-state index in [0.29, 0.717) is 11.6 Å². The Hall–Kier alpha value is -4.73. The van der Waals surface area contributed by atoms with Gasteiger partial charge in [-0.15, -0.1) is 23.8 Å². The number of hydrogen-bond donors (Lipinski definition) is 1. The number of nitrogens with zero attached hydrogens (tertiary/aromatic N) is 3. The first-order valence-corrected chi connectivity index (χ1v) is 19.3. The molecule has 3 heterocycles. The van der Waals surface area contributed by atoms with Crippen LogP contribution in [0, 0.1) is 6.07 Å². The molecule has 0 aliphatic rings. The van der Waals surface area contributed by atoms with Gasteiger partial charge >= 0.3 is 0 Å². The smallest absolute Gasteiger partial charge is 0.217 e. The normalized spacial score (nSPS) is 12.6. The first-order valence-electron chi connectivity index (χ1n) is 19.3. The molecule has 3 aromatic heterocycles. The number of phenolic OH excluding ortho intramolecular Hbond substituents is 1. The monoisotopic (exact) mass is 923 g/mol. The zero-order valence-corrected chi connectivity index (χ0v) is 37.1. The second-order valence-corrected chi connectivity index (χ2v) is 19.0. The minimum absolute atomic E-state index is 0. The minimum Gasteiger partial charge on any atom is -0.505 e. The summed E-state index contributed by atoms with van der Waals surface area (Å²) in [6.45, 7) is 26.6. The summed E-state index contributed by atoms with van der Waals surface area (Å²) in [7, 11) is 0. The van der Waals surface area contributed by atoms with Gasteiger partial charge in [-0.25, -0.2) is 4.98 Å². The Kier molecular flexibility index (Phi) is 10.7. The maximum Gasteiger partial charge on any atom is 0.217 e. The molecular weight excluding hydrogens is 870 g/mol. The zero-order valence-electron chi connectivity index (χ0n) is 34.8. The van der Waals surface area contributed by atoms with Gasteiger partial charge in [-0.2, -0.15) is 0 Å². The molecule has 0 saturated carbocycles. The standard InChI is InChI=1S/C50H54N3O2.Pt/c1-47(2,3)34-21-22-41-37(27-34)38-30-39(49(7,8)9)44(52-46(38)53(41)42-29-35(48(4,5)6)28-40(45(42)54)50(10,11)12)33-19-16-20-36(25-33)55-43-26-32(23-24-51-43)31-17-14-13-15-18-31;/h13-24,26-30,54H,1-12H3;/q-1;. The second-order valence-electron chi connectivity index (χ2n) is 19.0. The molecule has 56 heavy (non-hydrogen) atoms. The Balaban J connectivity index is 0.00000532. The Labute approximate surface area is 347 Å². The number of aromatic nitrogens is 3. The molecule has 0 spiro atoms. The number of hydrogen-bond acceptors (Lipinski definition) is 4. The topological polar surface area (TPSA) is 60.2 Å². The van der Waals surface area contributed by atoms with Crippen molar-refractivity contribution in [3.63, 3.8) is 0 Å². The first-order chi connectivity index (χ1) is 25.7.